The average Bonchev–Trinajstić information content (AvgIpc) is 3.39. The number of aromatic hydroxyl groups is 2. The van der Waals surface area contributed by atoms with Crippen molar-refractivity contribution in [3.63, 3.8) is 0 Å². The monoisotopic (exact) mass is 537 g/mol. The Morgan fingerprint density at radius 1 is 0.821 bits per heavy atom. The van der Waals surface area contributed by atoms with Gasteiger partial charge in [-0.25, -0.2) is 0 Å². The van der Waals surface area contributed by atoms with E-state index in [-0.39, 0.29) is 29.2 Å². The number of fused-ring (bicyclic) bond motifs is 2. The van der Waals surface area contributed by atoms with Crippen LogP contribution in [-0.4, -0.2) is 75.4 Å². The number of hydrogen-bond acceptors (Lipinski definition) is 7. The van der Waals surface area contributed by atoms with Gasteiger partial charge in [-0.05, 0) is 62.6 Å². The van der Waals surface area contributed by atoms with Crippen LogP contribution in [0.5, 0.6) is 11.5 Å². The smallest absolute Gasteiger partial charge is 0.254 e. The Kier molecular flexibility index (Phi) is 8.03. The van der Waals surface area contributed by atoms with Crippen LogP contribution in [0.15, 0.2) is 42.5 Å². The molecule has 4 rings (SSSR count). The van der Waals surface area contributed by atoms with E-state index in [1.165, 1.54) is 49.1 Å². The predicted octanol–water partition coefficient (Wildman–Crippen LogP) is 0.391. The number of rotatable bonds is 2. The number of phenolic OH excluding ortho intramolecular Hbond substituents is 2. The SMILES string of the molecule is C[C@@H]1NC(=O)[C@H](Cc2ccc(O)cc2)NC(=O)c2cc(O)ccc2NC(=O)[C@@H]2CCCN2C(=O)[C@H](C)NC1=O. The largest absolute Gasteiger partial charge is 0.508 e. The van der Waals surface area contributed by atoms with Crippen molar-refractivity contribution >= 4 is 35.2 Å². The third-order valence-corrected chi connectivity index (χ3v) is 6.82. The molecule has 0 saturated carbocycles. The molecule has 2 heterocycles. The van der Waals surface area contributed by atoms with Crippen LogP contribution in [0.2, 0.25) is 0 Å². The van der Waals surface area contributed by atoms with Gasteiger partial charge in [0.2, 0.25) is 23.6 Å². The van der Waals surface area contributed by atoms with E-state index in [9.17, 15) is 34.2 Å². The molecule has 0 aromatic heterocycles. The van der Waals surface area contributed by atoms with Gasteiger partial charge in [-0.2, -0.15) is 0 Å². The van der Waals surface area contributed by atoms with Gasteiger partial charge >= 0.3 is 0 Å². The van der Waals surface area contributed by atoms with Crippen LogP contribution in [0.3, 0.4) is 0 Å². The predicted molar refractivity (Wildman–Crippen MR) is 140 cm³/mol. The molecule has 0 bridgehead atoms. The second-order valence-corrected chi connectivity index (χ2v) is 9.77. The van der Waals surface area contributed by atoms with Crippen molar-refractivity contribution in [3.8, 4) is 11.5 Å². The molecule has 12 nitrogen and oxygen atoms in total. The number of benzene rings is 2. The summed E-state index contributed by atoms with van der Waals surface area (Å²) in [5, 5.41) is 30.2. The first-order valence-electron chi connectivity index (χ1n) is 12.7. The fourth-order valence-electron chi connectivity index (χ4n) is 4.69. The van der Waals surface area contributed by atoms with Crippen molar-refractivity contribution in [2.75, 3.05) is 11.9 Å². The zero-order chi connectivity index (χ0) is 28.3. The molecule has 12 heteroatoms. The molecule has 39 heavy (non-hydrogen) atoms. The lowest BCUT2D eigenvalue weighted by Crippen LogP contribution is -2.57. The van der Waals surface area contributed by atoms with Gasteiger partial charge in [-0.3, -0.25) is 24.0 Å². The van der Waals surface area contributed by atoms with E-state index in [2.05, 4.69) is 21.3 Å². The summed E-state index contributed by atoms with van der Waals surface area (Å²) in [6, 6.07) is 5.92. The van der Waals surface area contributed by atoms with Crippen molar-refractivity contribution in [1.82, 2.24) is 20.9 Å². The Bertz CT molecular complexity index is 1300. The molecule has 2 aromatic rings. The Morgan fingerprint density at radius 2 is 1.49 bits per heavy atom. The normalized spacial score (nSPS) is 24.7. The van der Waals surface area contributed by atoms with E-state index in [1.807, 2.05) is 0 Å². The molecule has 5 amide bonds. The topological polar surface area (TPSA) is 177 Å². The summed E-state index contributed by atoms with van der Waals surface area (Å²) in [5.74, 6) is -3.20. The molecular formula is C27H31N5O7. The number of anilines is 1. The summed E-state index contributed by atoms with van der Waals surface area (Å²) >= 11 is 0. The number of nitrogens with one attached hydrogen (secondary N) is 4. The molecule has 1 saturated heterocycles. The maximum Gasteiger partial charge on any atom is 0.254 e. The number of phenols is 2. The fourth-order valence-corrected chi connectivity index (χ4v) is 4.69. The minimum atomic E-state index is -1.17. The highest BCUT2D eigenvalue weighted by Crippen LogP contribution is 2.25. The molecule has 206 valence electrons. The average molecular weight is 538 g/mol. The van der Waals surface area contributed by atoms with Crippen LogP contribution in [0.1, 0.15) is 42.6 Å². The zero-order valence-corrected chi connectivity index (χ0v) is 21.6. The first kappa shape index (κ1) is 27.4. The Labute approximate surface area is 224 Å². The van der Waals surface area contributed by atoms with E-state index >= 15 is 0 Å². The molecule has 2 aromatic carbocycles. The van der Waals surface area contributed by atoms with E-state index < -0.39 is 53.7 Å². The quantitative estimate of drug-likeness (QED) is 0.300. The third kappa shape index (κ3) is 6.28. The van der Waals surface area contributed by atoms with Gasteiger partial charge in [-0.15, -0.1) is 0 Å². The third-order valence-electron chi connectivity index (χ3n) is 6.82. The molecule has 0 aliphatic carbocycles. The maximum absolute atomic E-state index is 13.4. The van der Waals surface area contributed by atoms with Gasteiger partial charge in [0.05, 0.1) is 11.3 Å². The molecule has 0 unspecified atom stereocenters. The van der Waals surface area contributed by atoms with Crippen molar-refractivity contribution < 1.29 is 34.2 Å². The minimum absolute atomic E-state index is 0.0125. The number of nitrogens with zero attached hydrogens (tertiary/aromatic N) is 1. The van der Waals surface area contributed by atoms with Crippen LogP contribution in [0.25, 0.3) is 0 Å². The van der Waals surface area contributed by atoms with E-state index in [4.69, 9.17) is 0 Å². The lowest BCUT2D eigenvalue weighted by Gasteiger charge is -2.29. The molecule has 2 aliphatic rings. The minimum Gasteiger partial charge on any atom is -0.508 e. The van der Waals surface area contributed by atoms with Crippen LogP contribution >= 0.6 is 0 Å². The highest BCUT2D eigenvalue weighted by molar-refractivity contribution is 6.07. The second-order valence-electron chi connectivity index (χ2n) is 9.77. The van der Waals surface area contributed by atoms with Crippen LogP contribution in [-0.2, 0) is 25.6 Å². The van der Waals surface area contributed by atoms with Gasteiger partial charge < -0.3 is 36.4 Å². The summed E-state index contributed by atoms with van der Waals surface area (Å²) in [7, 11) is 0. The first-order valence-corrected chi connectivity index (χ1v) is 12.7. The Hall–Kier alpha value is -4.61. The lowest BCUT2D eigenvalue weighted by molar-refractivity contribution is -0.140. The van der Waals surface area contributed by atoms with E-state index in [0.717, 1.165) is 0 Å². The number of carbonyl (C=O) groups is 5. The molecule has 1 fully saturated rings. The zero-order valence-electron chi connectivity index (χ0n) is 21.6. The molecule has 2 aliphatic heterocycles. The molecule has 0 spiro atoms. The number of hydrogen-bond donors (Lipinski definition) is 6. The van der Waals surface area contributed by atoms with Crippen molar-refractivity contribution in [3.05, 3.63) is 53.6 Å². The van der Waals surface area contributed by atoms with Crippen molar-refractivity contribution in [1.29, 1.82) is 0 Å². The summed E-state index contributed by atoms with van der Waals surface area (Å²) in [6.07, 6.45) is 0.996. The van der Waals surface area contributed by atoms with Gasteiger partial charge in [0.1, 0.15) is 35.7 Å². The summed E-state index contributed by atoms with van der Waals surface area (Å²) in [4.78, 5) is 67.2. The summed E-state index contributed by atoms with van der Waals surface area (Å²) in [6.45, 7) is 3.29. The van der Waals surface area contributed by atoms with Crippen LogP contribution in [0.4, 0.5) is 5.69 Å². The van der Waals surface area contributed by atoms with Crippen LogP contribution < -0.4 is 21.3 Å². The van der Waals surface area contributed by atoms with Gasteiger partial charge in [0, 0.05) is 13.0 Å². The highest BCUT2D eigenvalue weighted by atomic mass is 16.3. The molecule has 0 radical (unpaired) electrons. The molecule has 4 atom stereocenters. The fraction of sp³-hybridized carbons (Fsp3) is 0.370. The standard InChI is InChI=1S/C27H31N5O7/c1-14-23(35)29-15(2)27(39)32-11-3-4-22(32)26(38)30-20-10-9-18(34)13-19(20)24(36)31-21(25(37)28-14)12-16-5-7-17(33)8-6-16/h5-10,13-15,21-22,33-34H,3-4,11-12H2,1-2H3,(H,28,37)(H,29,35)(H,30,38)(H,31,36)/t14-,15-,21-,22-/m0/s1. The Balaban J connectivity index is 1.71. The summed E-state index contributed by atoms with van der Waals surface area (Å²) < 4.78 is 0. The van der Waals surface area contributed by atoms with E-state index in [0.29, 0.717) is 24.9 Å². The summed E-state index contributed by atoms with van der Waals surface area (Å²) in [5.41, 5.74) is 0.624. The molecule has 6 N–H and O–H groups in total. The van der Waals surface area contributed by atoms with Gasteiger partial charge in [-0.1, -0.05) is 12.1 Å². The number of carbonyl (C=O) groups excluding carboxylic acids is 5. The maximum atomic E-state index is 13.4. The number of amides is 5. The van der Waals surface area contributed by atoms with Crippen LogP contribution in [0, 0.1) is 0 Å². The van der Waals surface area contributed by atoms with Gasteiger partial charge in [0.25, 0.3) is 5.91 Å². The highest BCUT2D eigenvalue weighted by Gasteiger charge is 2.37. The van der Waals surface area contributed by atoms with Crippen molar-refractivity contribution in [2.24, 2.45) is 0 Å². The first-order chi connectivity index (χ1) is 18.5. The van der Waals surface area contributed by atoms with Gasteiger partial charge in [0.15, 0.2) is 0 Å². The molecular weight excluding hydrogens is 506 g/mol. The lowest BCUT2D eigenvalue weighted by atomic mass is 10.0. The second kappa shape index (κ2) is 11.4. The Morgan fingerprint density at radius 3 is 2.21 bits per heavy atom. The van der Waals surface area contributed by atoms with Crippen molar-refractivity contribution in [2.45, 2.75) is 57.3 Å². The van der Waals surface area contributed by atoms with E-state index in [1.54, 1.807) is 12.1 Å².